The van der Waals surface area contributed by atoms with Gasteiger partial charge < -0.3 is 29.2 Å². The summed E-state index contributed by atoms with van der Waals surface area (Å²) in [5, 5.41) is 20.7. The van der Waals surface area contributed by atoms with Crippen LogP contribution in [0.15, 0.2) is 59.3 Å². The number of carbonyl (C=O) groups is 2. The summed E-state index contributed by atoms with van der Waals surface area (Å²) in [6.07, 6.45) is 14.6. The second-order valence-electron chi connectivity index (χ2n) is 11.6. The van der Waals surface area contributed by atoms with Crippen molar-refractivity contribution >= 4 is 11.8 Å². The Balaban J connectivity index is 1.55. The molecular formula is C33H46O8. The highest BCUT2D eigenvalue weighted by molar-refractivity contribution is 5.95. The van der Waals surface area contributed by atoms with Crippen molar-refractivity contribution in [2.45, 2.75) is 115 Å². The van der Waals surface area contributed by atoms with Crippen LogP contribution in [0.2, 0.25) is 0 Å². The lowest BCUT2D eigenvalue weighted by molar-refractivity contribution is -0.308. The van der Waals surface area contributed by atoms with Crippen LogP contribution in [0, 0.1) is 11.8 Å². The van der Waals surface area contributed by atoms with Crippen LogP contribution in [0.1, 0.15) is 72.1 Å². The Morgan fingerprint density at radius 3 is 2.59 bits per heavy atom. The van der Waals surface area contributed by atoms with Crippen LogP contribution < -0.4 is 0 Å². The molecule has 2 aliphatic carbocycles. The zero-order chi connectivity index (χ0) is 29.5. The zero-order valence-corrected chi connectivity index (χ0v) is 24.7. The van der Waals surface area contributed by atoms with E-state index >= 15 is 0 Å². The van der Waals surface area contributed by atoms with Gasteiger partial charge in [-0.25, -0.2) is 0 Å². The van der Waals surface area contributed by atoms with E-state index in [4.69, 9.17) is 18.9 Å². The van der Waals surface area contributed by atoms with Crippen LogP contribution in [0.3, 0.4) is 0 Å². The standard InChI is InChI=1S/C33H46O8/c1-5-24-11-9-7-6-8-10-20(2)28(34)16-15-26-22(14-17-29(35)40-24)12-13-23-18-25(19-27(23)26)41-33-32(38-4)31(37)30(36)21(3)39-33/h9-15,21,23-25,27,30-33,36-37H,5-8,16-19H2,1-4H3/t21-,23+,24?,25+,27+,30-,31+,32+,33-/m0/s1. The second-order valence-corrected chi connectivity index (χ2v) is 11.6. The third-order valence-electron chi connectivity index (χ3n) is 8.70. The van der Waals surface area contributed by atoms with Crippen LogP contribution in [0.5, 0.6) is 0 Å². The fourth-order valence-electron chi connectivity index (χ4n) is 6.20. The van der Waals surface area contributed by atoms with Crippen LogP contribution in [0.25, 0.3) is 0 Å². The number of carbonyl (C=O) groups excluding carboxylic acids is 2. The molecule has 0 spiro atoms. The SMILES string of the molecule is CCC1C=CCCCC=C(C)C(=O)CC=C2C(=CCC(=O)O1)C=C[C@@H]1C[C@@H](O[C@@H]3O[C@@H](C)[C@H](O)[C@@H](O)[C@H]3OC)C[C@@H]21. The number of methoxy groups -OCH3 is 1. The van der Waals surface area contributed by atoms with Crippen molar-refractivity contribution in [3.05, 3.63) is 59.3 Å². The van der Waals surface area contributed by atoms with Gasteiger partial charge in [0, 0.05) is 13.5 Å². The normalized spacial score (nSPS) is 37.3. The molecule has 0 bridgehead atoms. The molecule has 226 valence electrons. The van der Waals surface area contributed by atoms with Gasteiger partial charge in [-0.3, -0.25) is 9.59 Å². The Bertz CT molecular complexity index is 1080. The van der Waals surface area contributed by atoms with Crippen molar-refractivity contribution in [3.63, 3.8) is 0 Å². The van der Waals surface area contributed by atoms with Gasteiger partial charge in [-0.05, 0) is 87.0 Å². The number of esters is 1. The van der Waals surface area contributed by atoms with Gasteiger partial charge >= 0.3 is 5.97 Å². The molecule has 4 aliphatic rings. The summed E-state index contributed by atoms with van der Waals surface area (Å²) in [4.78, 5) is 25.7. The maximum Gasteiger partial charge on any atom is 0.310 e. The van der Waals surface area contributed by atoms with Gasteiger partial charge in [-0.15, -0.1) is 0 Å². The number of cyclic esters (lactones) is 1. The monoisotopic (exact) mass is 570 g/mol. The average molecular weight is 571 g/mol. The summed E-state index contributed by atoms with van der Waals surface area (Å²) in [7, 11) is 1.47. The van der Waals surface area contributed by atoms with E-state index in [1.807, 2.05) is 44.2 Å². The molecule has 8 heteroatoms. The Kier molecular flexibility index (Phi) is 11.3. The Labute approximate surface area is 243 Å². The zero-order valence-electron chi connectivity index (χ0n) is 24.7. The first-order valence-corrected chi connectivity index (χ1v) is 15.1. The van der Waals surface area contributed by atoms with E-state index in [0.717, 1.165) is 42.4 Å². The topological polar surface area (TPSA) is 112 Å². The number of ether oxygens (including phenoxy) is 4. The van der Waals surface area contributed by atoms with Gasteiger partial charge in [-0.2, -0.15) is 0 Å². The quantitative estimate of drug-likeness (QED) is 0.371. The second kappa shape index (κ2) is 14.7. The maximum absolute atomic E-state index is 13.0. The molecule has 0 radical (unpaired) electrons. The van der Waals surface area contributed by atoms with Crippen molar-refractivity contribution in [2.75, 3.05) is 7.11 Å². The molecule has 1 unspecified atom stereocenters. The molecule has 2 heterocycles. The number of fused-ring (bicyclic) bond motifs is 3. The lowest BCUT2D eigenvalue weighted by atomic mass is 9.78. The first kappa shape index (κ1) is 31.6. The van der Waals surface area contributed by atoms with E-state index in [2.05, 4.69) is 12.2 Å². The molecule has 0 aromatic carbocycles. The molecule has 41 heavy (non-hydrogen) atoms. The van der Waals surface area contributed by atoms with Gasteiger partial charge in [0.25, 0.3) is 0 Å². The number of rotatable bonds is 4. The van der Waals surface area contributed by atoms with Gasteiger partial charge in [0.1, 0.15) is 24.4 Å². The molecule has 4 rings (SSSR count). The van der Waals surface area contributed by atoms with Gasteiger partial charge in [0.05, 0.1) is 18.6 Å². The predicted molar refractivity (Wildman–Crippen MR) is 155 cm³/mol. The minimum Gasteiger partial charge on any atom is -0.458 e. The summed E-state index contributed by atoms with van der Waals surface area (Å²) < 4.78 is 23.4. The van der Waals surface area contributed by atoms with Crippen molar-refractivity contribution in [1.29, 1.82) is 0 Å². The van der Waals surface area contributed by atoms with Crippen LogP contribution >= 0.6 is 0 Å². The van der Waals surface area contributed by atoms with Gasteiger partial charge in [0.2, 0.25) is 0 Å². The highest BCUT2D eigenvalue weighted by atomic mass is 16.7. The third-order valence-corrected chi connectivity index (χ3v) is 8.70. The van der Waals surface area contributed by atoms with Crippen molar-refractivity contribution in [1.82, 2.24) is 0 Å². The molecule has 1 saturated carbocycles. The number of aliphatic hydroxyl groups is 2. The molecule has 2 aliphatic heterocycles. The van der Waals surface area contributed by atoms with E-state index in [1.54, 1.807) is 6.92 Å². The molecule has 2 N–H and O–H groups in total. The smallest absolute Gasteiger partial charge is 0.310 e. The molecule has 2 fully saturated rings. The number of Topliss-reactive ketones (excluding diaryl/α,β-unsaturated/α-hetero) is 1. The van der Waals surface area contributed by atoms with E-state index in [-0.39, 0.29) is 42.2 Å². The number of aliphatic hydroxyl groups excluding tert-OH is 2. The average Bonchev–Trinajstić information content (AvgIpc) is 3.37. The largest absolute Gasteiger partial charge is 0.458 e. The summed E-state index contributed by atoms with van der Waals surface area (Å²) >= 11 is 0. The lowest BCUT2D eigenvalue weighted by Crippen LogP contribution is -2.58. The molecule has 9 atom stereocenters. The molecule has 8 nitrogen and oxygen atoms in total. The Morgan fingerprint density at radius 2 is 1.83 bits per heavy atom. The van der Waals surface area contributed by atoms with E-state index in [1.165, 1.54) is 7.11 Å². The molecule has 0 amide bonds. The fourth-order valence-corrected chi connectivity index (χ4v) is 6.20. The van der Waals surface area contributed by atoms with E-state index < -0.39 is 30.7 Å². The maximum atomic E-state index is 13.0. The predicted octanol–water partition coefficient (Wildman–Crippen LogP) is 4.66. The summed E-state index contributed by atoms with van der Waals surface area (Å²) in [5.74, 6) is 0.127. The first-order chi connectivity index (χ1) is 19.7. The Morgan fingerprint density at radius 1 is 1.02 bits per heavy atom. The number of allylic oxidation sites excluding steroid dienone is 8. The number of hydrogen-bond acceptors (Lipinski definition) is 8. The van der Waals surface area contributed by atoms with E-state index in [0.29, 0.717) is 19.3 Å². The summed E-state index contributed by atoms with van der Waals surface area (Å²) in [6.45, 7) is 5.58. The van der Waals surface area contributed by atoms with Gasteiger partial charge in [-0.1, -0.05) is 43.4 Å². The lowest BCUT2D eigenvalue weighted by Gasteiger charge is -2.41. The number of hydrogen-bond donors (Lipinski definition) is 2. The van der Waals surface area contributed by atoms with E-state index in [9.17, 15) is 19.8 Å². The third kappa shape index (κ3) is 7.93. The number of ketones is 1. The van der Waals surface area contributed by atoms with Gasteiger partial charge in [0.15, 0.2) is 12.1 Å². The fraction of sp³-hybridized carbons (Fsp3) is 0.636. The van der Waals surface area contributed by atoms with Crippen molar-refractivity contribution in [3.8, 4) is 0 Å². The minimum atomic E-state index is -1.11. The first-order valence-electron chi connectivity index (χ1n) is 15.1. The highest BCUT2D eigenvalue weighted by Crippen LogP contribution is 2.46. The minimum absolute atomic E-state index is 0.0964. The van der Waals surface area contributed by atoms with Crippen LogP contribution in [-0.2, 0) is 28.5 Å². The summed E-state index contributed by atoms with van der Waals surface area (Å²) in [6, 6.07) is 0. The molecule has 1 saturated heterocycles. The highest BCUT2D eigenvalue weighted by Gasteiger charge is 2.46. The molecule has 0 aromatic rings. The Hall–Kier alpha value is -2.36. The van der Waals surface area contributed by atoms with Crippen molar-refractivity contribution < 1.29 is 38.7 Å². The van der Waals surface area contributed by atoms with Crippen LogP contribution in [0.4, 0.5) is 0 Å². The van der Waals surface area contributed by atoms with Crippen molar-refractivity contribution in [2.24, 2.45) is 11.8 Å². The summed E-state index contributed by atoms with van der Waals surface area (Å²) in [5.41, 5.74) is 2.75. The molecular weight excluding hydrogens is 524 g/mol. The van der Waals surface area contributed by atoms with Crippen LogP contribution in [-0.4, -0.2) is 72.0 Å². The molecule has 0 aromatic heterocycles.